The van der Waals surface area contributed by atoms with Gasteiger partial charge in [0.15, 0.2) is 5.82 Å². The maximum atomic E-state index is 14.9. The highest BCUT2D eigenvalue weighted by Crippen LogP contribution is 2.42. The Morgan fingerprint density at radius 3 is 2.69 bits per heavy atom. The molecule has 150 valence electrons. The van der Waals surface area contributed by atoms with Crippen molar-refractivity contribution in [2.45, 2.75) is 24.7 Å². The summed E-state index contributed by atoms with van der Waals surface area (Å²) in [6.45, 7) is 0.919. The summed E-state index contributed by atoms with van der Waals surface area (Å²) < 4.78 is 16.7. The van der Waals surface area contributed by atoms with Gasteiger partial charge in [-0.2, -0.15) is 0 Å². The molecule has 0 radical (unpaired) electrons. The molecule has 1 saturated carbocycles. The predicted octanol–water partition coefficient (Wildman–Crippen LogP) is 2.51. The number of hydrogen-bond acceptors (Lipinski definition) is 6. The number of benzene rings is 1. The van der Waals surface area contributed by atoms with Gasteiger partial charge in [-0.25, -0.2) is 9.37 Å². The van der Waals surface area contributed by atoms with E-state index in [0.29, 0.717) is 23.0 Å². The molecule has 7 nitrogen and oxygen atoms in total. The fraction of sp³-hybridized carbons (Fsp3) is 0.381. The van der Waals surface area contributed by atoms with E-state index in [1.165, 1.54) is 0 Å². The van der Waals surface area contributed by atoms with Crippen LogP contribution in [0.15, 0.2) is 49.1 Å². The first kappa shape index (κ1) is 18.1. The number of alkyl halides is 1. The zero-order valence-corrected chi connectivity index (χ0v) is 16.4. The molecule has 1 aromatic carbocycles. The Morgan fingerprint density at radius 2 is 2.07 bits per heavy atom. The lowest BCUT2D eigenvalue weighted by atomic mass is 10.0. The molecule has 1 saturated heterocycles. The monoisotopic (exact) mass is 394 g/mol. The maximum absolute atomic E-state index is 14.9. The molecule has 0 amide bonds. The first-order valence-corrected chi connectivity index (χ1v) is 9.75. The summed E-state index contributed by atoms with van der Waals surface area (Å²) >= 11 is 0. The first-order valence-electron chi connectivity index (χ1n) is 9.75. The van der Waals surface area contributed by atoms with Gasteiger partial charge in [0, 0.05) is 43.7 Å². The Kier molecular flexibility index (Phi) is 4.24. The summed E-state index contributed by atoms with van der Waals surface area (Å²) in [5.41, 5.74) is 1.98. The van der Waals surface area contributed by atoms with Crippen LogP contribution < -0.4 is 4.90 Å². The Labute approximate surface area is 168 Å². The molecule has 8 heteroatoms. The second-order valence-electron chi connectivity index (χ2n) is 8.00. The molecule has 2 fully saturated rings. The lowest BCUT2D eigenvalue weighted by Crippen LogP contribution is -2.51. The van der Waals surface area contributed by atoms with Crippen molar-refractivity contribution in [3.8, 4) is 22.7 Å². The number of aromatic hydroxyl groups is 1. The van der Waals surface area contributed by atoms with Gasteiger partial charge in [-0.1, -0.05) is 0 Å². The number of anilines is 1. The molecule has 2 aromatic heterocycles. The third-order valence-electron chi connectivity index (χ3n) is 6.33. The number of phenolic OH excluding ortho intramolecular Hbond substituents is 1. The van der Waals surface area contributed by atoms with Crippen molar-refractivity contribution in [3.05, 3.63) is 49.1 Å². The highest BCUT2D eigenvalue weighted by molar-refractivity contribution is 5.69. The van der Waals surface area contributed by atoms with Gasteiger partial charge in [0.05, 0.1) is 23.8 Å². The van der Waals surface area contributed by atoms with Crippen LogP contribution in [0.4, 0.5) is 10.2 Å². The van der Waals surface area contributed by atoms with Crippen LogP contribution in [0.5, 0.6) is 5.75 Å². The number of nitrogens with zero attached hydrogens (tertiary/aromatic N) is 6. The van der Waals surface area contributed by atoms with Crippen LogP contribution in [0.2, 0.25) is 0 Å². The summed E-state index contributed by atoms with van der Waals surface area (Å²) in [5, 5.41) is 19.1. The minimum absolute atomic E-state index is 0.00522. The summed E-state index contributed by atoms with van der Waals surface area (Å²) in [6, 6.07) is 8.85. The quantitative estimate of drug-likeness (QED) is 0.733. The number of halogens is 1. The first-order chi connectivity index (χ1) is 14.0. The minimum atomic E-state index is -0.884. The standard InChI is InChI=1S/C21H23FN6O/c1-26-11-13-9-17(26)20(22)21(13)27(2)19-6-5-16(24-25-19)15-4-3-14(10-18(15)29)28-8-7-23-12-28/h3-8,10,12-13,17,20-21,29H,9,11H2,1-2H3/t13-,17-,20+,21-/m0/s1. The van der Waals surface area contributed by atoms with E-state index in [-0.39, 0.29) is 17.8 Å². The molecule has 0 unspecified atom stereocenters. The Bertz CT molecular complexity index is 1010. The van der Waals surface area contributed by atoms with Crippen LogP contribution in [0.3, 0.4) is 0 Å². The number of likely N-dealkylation sites (tertiary alicyclic amines) is 1. The average molecular weight is 394 g/mol. The molecule has 1 aliphatic heterocycles. The van der Waals surface area contributed by atoms with Crippen molar-refractivity contribution >= 4 is 5.82 Å². The highest BCUT2D eigenvalue weighted by Gasteiger charge is 2.52. The predicted molar refractivity (Wildman–Crippen MR) is 108 cm³/mol. The van der Waals surface area contributed by atoms with Gasteiger partial charge in [0.2, 0.25) is 0 Å². The van der Waals surface area contributed by atoms with Gasteiger partial charge in [-0.15, -0.1) is 10.2 Å². The third kappa shape index (κ3) is 2.95. The third-order valence-corrected chi connectivity index (χ3v) is 6.33. The normalized spacial score (nSPS) is 26.2. The van der Waals surface area contributed by atoms with Crippen LogP contribution in [0, 0.1) is 5.92 Å². The number of imidazole rings is 1. The molecular weight excluding hydrogens is 371 g/mol. The van der Waals surface area contributed by atoms with Gasteiger partial charge >= 0.3 is 0 Å². The molecular formula is C21H23FN6O. The maximum Gasteiger partial charge on any atom is 0.151 e. The molecule has 3 heterocycles. The van der Waals surface area contributed by atoms with Gasteiger partial charge in [0.1, 0.15) is 11.9 Å². The molecule has 3 aromatic rings. The van der Waals surface area contributed by atoms with E-state index < -0.39 is 6.17 Å². The van der Waals surface area contributed by atoms with Gasteiger partial charge in [-0.05, 0) is 43.7 Å². The second kappa shape index (κ2) is 6.81. The average Bonchev–Trinajstić information content (AvgIpc) is 3.44. The van der Waals surface area contributed by atoms with Crippen molar-refractivity contribution in [2.75, 3.05) is 25.5 Å². The molecule has 2 aliphatic rings. The van der Waals surface area contributed by atoms with Crippen LogP contribution >= 0.6 is 0 Å². The smallest absolute Gasteiger partial charge is 0.151 e. The Morgan fingerprint density at radius 1 is 1.21 bits per heavy atom. The van der Waals surface area contributed by atoms with Crippen molar-refractivity contribution in [2.24, 2.45) is 5.92 Å². The molecule has 1 N–H and O–H groups in total. The number of rotatable bonds is 4. The fourth-order valence-corrected chi connectivity index (χ4v) is 4.83. The lowest BCUT2D eigenvalue weighted by molar-refractivity contribution is 0.126. The summed E-state index contributed by atoms with van der Waals surface area (Å²) in [6.07, 6.45) is 5.18. The highest BCUT2D eigenvalue weighted by atomic mass is 19.1. The molecule has 2 bridgehead atoms. The largest absolute Gasteiger partial charge is 0.507 e. The summed E-state index contributed by atoms with van der Waals surface area (Å²) in [5.74, 6) is 1.07. The van der Waals surface area contributed by atoms with Gasteiger partial charge in [0.25, 0.3) is 0 Å². The lowest BCUT2D eigenvalue weighted by Gasteiger charge is -2.37. The fourth-order valence-electron chi connectivity index (χ4n) is 4.83. The number of aromatic nitrogens is 4. The van der Waals surface area contributed by atoms with E-state index in [4.69, 9.17) is 0 Å². The SMILES string of the molecule is CN1C[C@@H]2C[C@H]1[C@@H](F)[C@H]2N(C)c1ccc(-c2ccc(-n3ccnc3)cc2O)nn1. The number of phenols is 1. The van der Waals surface area contributed by atoms with E-state index in [9.17, 15) is 9.50 Å². The van der Waals surface area contributed by atoms with E-state index >= 15 is 0 Å². The van der Waals surface area contributed by atoms with E-state index in [1.54, 1.807) is 24.7 Å². The topological polar surface area (TPSA) is 70.3 Å². The molecule has 5 rings (SSSR count). The van der Waals surface area contributed by atoms with E-state index in [2.05, 4.69) is 20.1 Å². The number of hydrogen-bond donors (Lipinski definition) is 1. The van der Waals surface area contributed by atoms with Crippen LogP contribution in [-0.2, 0) is 0 Å². The van der Waals surface area contributed by atoms with Crippen molar-refractivity contribution in [1.29, 1.82) is 0 Å². The van der Waals surface area contributed by atoms with Crippen LogP contribution in [0.25, 0.3) is 16.9 Å². The summed E-state index contributed by atoms with van der Waals surface area (Å²) in [7, 11) is 3.88. The molecule has 1 aliphatic carbocycles. The van der Waals surface area contributed by atoms with Crippen molar-refractivity contribution < 1.29 is 9.50 Å². The second-order valence-corrected chi connectivity index (χ2v) is 8.00. The van der Waals surface area contributed by atoms with Crippen LogP contribution in [0.1, 0.15) is 6.42 Å². The van der Waals surface area contributed by atoms with Gasteiger partial charge < -0.3 is 19.5 Å². The van der Waals surface area contributed by atoms with Crippen LogP contribution in [-0.4, -0.2) is 68.7 Å². The zero-order valence-electron chi connectivity index (χ0n) is 16.4. The Balaban J connectivity index is 1.37. The zero-order chi connectivity index (χ0) is 20.1. The van der Waals surface area contributed by atoms with Gasteiger partial charge in [-0.3, -0.25) is 0 Å². The van der Waals surface area contributed by atoms with E-state index in [1.807, 2.05) is 48.0 Å². The summed E-state index contributed by atoms with van der Waals surface area (Å²) in [4.78, 5) is 8.05. The van der Waals surface area contributed by atoms with Crippen molar-refractivity contribution in [3.63, 3.8) is 0 Å². The molecule has 0 spiro atoms. The minimum Gasteiger partial charge on any atom is -0.507 e. The molecule has 29 heavy (non-hydrogen) atoms. The van der Waals surface area contributed by atoms with E-state index in [0.717, 1.165) is 18.7 Å². The number of fused-ring (bicyclic) bond motifs is 2. The molecule has 4 atom stereocenters. The number of piperidine rings is 1. The van der Waals surface area contributed by atoms with Crippen molar-refractivity contribution in [1.82, 2.24) is 24.6 Å². The Hall–Kier alpha value is -3.00.